The molecule has 0 aromatic heterocycles. The Morgan fingerprint density at radius 1 is 1.14 bits per heavy atom. The minimum absolute atomic E-state index is 0.494. The number of hydrogen-bond donors (Lipinski definition) is 0. The van der Waals surface area contributed by atoms with E-state index in [1.165, 1.54) is 44.9 Å². The molecule has 0 aromatic rings. The third-order valence-corrected chi connectivity index (χ3v) is 4.74. The fourth-order valence-corrected chi connectivity index (χ4v) is 3.34. The molecule has 2 aliphatic rings. The van der Waals surface area contributed by atoms with Gasteiger partial charge in [-0.25, -0.2) is 0 Å². The van der Waals surface area contributed by atoms with Crippen LogP contribution in [0.4, 0.5) is 0 Å². The summed E-state index contributed by atoms with van der Waals surface area (Å²) in [4.78, 5) is 11.5. The molecular weight excluding hydrogens is 192 g/mol. The first-order valence-corrected chi connectivity index (χ1v) is 7.03. The second kappa shape index (κ2) is 5.20. The van der Waals surface area contributed by atoms with Gasteiger partial charge in [0.1, 0.15) is 5.78 Å². The molecule has 2 aliphatic carbocycles. The molecule has 2 fully saturated rings. The zero-order valence-corrected chi connectivity index (χ0v) is 9.65. The lowest BCUT2D eigenvalue weighted by Gasteiger charge is -2.07. The van der Waals surface area contributed by atoms with Crippen molar-refractivity contribution in [3.63, 3.8) is 0 Å². The van der Waals surface area contributed by atoms with Gasteiger partial charge in [0.25, 0.3) is 0 Å². The third kappa shape index (κ3) is 3.64. The van der Waals surface area contributed by atoms with Crippen molar-refractivity contribution in [2.75, 3.05) is 5.75 Å². The van der Waals surface area contributed by atoms with E-state index in [1.54, 1.807) is 0 Å². The van der Waals surface area contributed by atoms with E-state index in [0.29, 0.717) is 5.78 Å². The van der Waals surface area contributed by atoms with E-state index in [2.05, 4.69) is 0 Å². The van der Waals surface area contributed by atoms with Crippen LogP contribution < -0.4 is 0 Å². The standard InChI is InChI=1S/C12H20OS/c13-11(8-7-10-5-6-10)9-14-12-3-1-2-4-12/h10,12H,1-9H2. The Kier molecular flexibility index (Phi) is 3.91. The van der Waals surface area contributed by atoms with Crippen LogP contribution in [0.25, 0.3) is 0 Å². The first kappa shape index (κ1) is 10.5. The molecule has 0 heterocycles. The molecule has 0 N–H and O–H groups in total. The van der Waals surface area contributed by atoms with Crippen LogP contribution in [0, 0.1) is 5.92 Å². The summed E-state index contributed by atoms with van der Waals surface area (Å²) in [5, 5.41) is 0.805. The lowest BCUT2D eigenvalue weighted by molar-refractivity contribution is -0.116. The minimum Gasteiger partial charge on any atom is -0.299 e. The van der Waals surface area contributed by atoms with Gasteiger partial charge in [0.2, 0.25) is 0 Å². The Bertz CT molecular complexity index is 192. The van der Waals surface area contributed by atoms with Gasteiger partial charge in [-0.05, 0) is 25.2 Å². The summed E-state index contributed by atoms with van der Waals surface area (Å²) < 4.78 is 0. The predicted molar refractivity (Wildman–Crippen MR) is 61.7 cm³/mol. The molecule has 80 valence electrons. The smallest absolute Gasteiger partial charge is 0.142 e. The van der Waals surface area contributed by atoms with Gasteiger partial charge in [0.05, 0.1) is 5.75 Å². The normalized spacial score (nSPS) is 22.9. The highest BCUT2D eigenvalue weighted by molar-refractivity contribution is 8.00. The molecule has 0 amide bonds. The average Bonchev–Trinajstić information content (AvgIpc) is 2.87. The summed E-state index contributed by atoms with van der Waals surface area (Å²) in [6.45, 7) is 0. The Morgan fingerprint density at radius 3 is 2.50 bits per heavy atom. The summed E-state index contributed by atoms with van der Waals surface area (Å²) >= 11 is 1.91. The van der Waals surface area contributed by atoms with Gasteiger partial charge in [-0.15, -0.1) is 0 Å². The van der Waals surface area contributed by atoms with Gasteiger partial charge in [-0.1, -0.05) is 25.7 Å². The van der Waals surface area contributed by atoms with Crippen molar-refractivity contribution >= 4 is 17.5 Å². The molecule has 0 bridgehead atoms. The van der Waals surface area contributed by atoms with Crippen molar-refractivity contribution in [1.82, 2.24) is 0 Å². The fraction of sp³-hybridized carbons (Fsp3) is 0.917. The first-order valence-electron chi connectivity index (χ1n) is 5.98. The van der Waals surface area contributed by atoms with Crippen molar-refractivity contribution < 1.29 is 4.79 Å². The van der Waals surface area contributed by atoms with Crippen LogP contribution in [0.5, 0.6) is 0 Å². The van der Waals surface area contributed by atoms with Gasteiger partial charge in [-0.2, -0.15) is 11.8 Å². The van der Waals surface area contributed by atoms with Crippen LogP contribution in [-0.2, 0) is 4.79 Å². The van der Waals surface area contributed by atoms with Gasteiger partial charge in [-0.3, -0.25) is 4.79 Å². The van der Waals surface area contributed by atoms with E-state index < -0.39 is 0 Å². The van der Waals surface area contributed by atoms with Crippen molar-refractivity contribution in [3.8, 4) is 0 Å². The van der Waals surface area contributed by atoms with E-state index in [4.69, 9.17) is 0 Å². The predicted octanol–water partition coefficient (Wildman–Crippen LogP) is 3.42. The van der Waals surface area contributed by atoms with Crippen LogP contribution in [0.2, 0.25) is 0 Å². The lowest BCUT2D eigenvalue weighted by atomic mass is 10.2. The maximum absolute atomic E-state index is 11.5. The molecule has 2 heteroatoms. The Labute approximate surface area is 91.0 Å². The highest BCUT2D eigenvalue weighted by Gasteiger charge is 2.22. The molecule has 0 atom stereocenters. The molecule has 0 radical (unpaired) electrons. The highest BCUT2D eigenvalue weighted by atomic mass is 32.2. The summed E-state index contributed by atoms with van der Waals surface area (Å²) in [7, 11) is 0. The van der Waals surface area contributed by atoms with E-state index >= 15 is 0 Å². The molecule has 0 unspecified atom stereocenters. The van der Waals surface area contributed by atoms with Crippen LogP contribution in [-0.4, -0.2) is 16.8 Å². The molecule has 1 nitrogen and oxygen atoms in total. The third-order valence-electron chi connectivity index (χ3n) is 3.31. The van der Waals surface area contributed by atoms with E-state index in [1.807, 2.05) is 11.8 Å². The molecule has 14 heavy (non-hydrogen) atoms. The van der Waals surface area contributed by atoms with Crippen molar-refractivity contribution in [1.29, 1.82) is 0 Å². The number of thioether (sulfide) groups is 1. The van der Waals surface area contributed by atoms with E-state index in [-0.39, 0.29) is 0 Å². The molecule has 2 saturated carbocycles. The largest absolute Gasteiger partial charge is 0.299 e. The minimum atomic E-state index is 0.494. The maximum Gasteiger partial charge on any atom is 0.142 e. The van der Waals surface area contributed by atoms with Gasteiger partial charge in [0.15, 0.2) is 0 Å². The topological polar surface area (TPSA) is 17.1 Å². The number of hydrogen-bond acceptors (Lipinski definition) is 2. The summed E-state index contributed by atoms with van der Waals surface area (Å²) in [5.74, 6) is 2.20. The van der Waals surface area contributed by atoms with Gasteiger partial charge < -0.3 is 0 Å². The van der Waals surface area contributed by atoms with Crippen molar-refractivity contribution in [2.45, 2.75) is 56.6 Å². The molecular formula is C12H20OS. The summed E-state index contributed by atoms with van der Waals surface area (Å²) in [6.07, 6.45) is 10.2. The number of carbonyl (C=O) groups excluding carboxylic acids is 1. The van der Waals surface area contributed by atoms with E-state index in [0.717, 1.165) is 23.3 Å². The SMILES string of the molecule is O=C(CCC1CC1)CSC1CCCC1. The number of rotatable bonds is 6. The maximum atomic E-state index is 11.5. The lowest BCUT2D eigenvalue weighted by Crippen LogP contribution is -2.05. The second-order valence-corrected chi connectivity index (χ2v) is 6.03. The van der Waals surface area contributed by atoms with Crippen molar-refractivity contribution in [3.05, 3.63) is 0 Å². The van der Waals surface area contributed by atoms with Crippen LogP contribution in [0.3, 0.4) is 0 Å². The molecule has 0 spiro atoms. The number of ketones is 1. The molecule has 2 rings (SSSR count). The Balaban J connectivity index is 1.52. The summed E-state index contributed by atoms with van der Waals surface area (Å²) in [6, 6.07) is 0. The first-order chi connectivity index (χ1) is 6.84. The van der Waals surface area contributed by atoms with E-state index in [9.17, 15) is 4.79 Å². The average molecular weight is 212 g/mol. The zero-order chi connectivity index (χ0) is 9.80. The zero-order valence-electron chi connectivity index (χ0n) is 8.84. The highest BCUT2D eigenvalue weighted by Crippen LogP contribution is 2.34. The van der Waals surface area contributed by atoms with Crippen LogP contribution in [0.1, 0.15) is 51.4 Å². The molecule has 0 saturated heterocycles. The second-order valence-electron chi connectivity index (χ2n) is 4.74. The molecule has 0 aliphatic heterocycles. The van der Waals surface area contributed by atoms with Crippen LogP contribution in [0.15, 0.2) is 0 Å². The quantitative estimate of drug-likeness (QED) is 0.671. The Morgan fingerprint density at radius 2 is 1.86 bits per heavy atom. The molecule has 0 aromatic carbocycles. The summed E-state index contributed by atoms with van der Waals surface area (Å²) in [5.41, 5.74) is 0. The van der Waals surface area contributed by atoms with Gasteiger partial charge >= 0.3 is 0 Å². The number of Topliss-reactive ketones (excluding diaryl/α,β-unsaturated/α-hetero) is 1. The van der Waals surface area contributed by atoms with Gasteiger partial charge in [0, 0.05) is 11.7 Å². The number of carbonyl (C=O) groups is 1. The van der Waals surface area contributed by atoms with Crippen LogP contribution >= 0.6 is 11.8 Å². The van der Waals surface area contributed by atoms with Crippen molar-refractivity contribution in [2.24, 2.45) is 5.92 Å². The fourth-order valence-electron chi connectivity index (χ4n) is 2.11. The monoisotopic (exact) mass is 212 g/mol. The Hall–Kier alpha value is 0.0200.